The Bertz CT molecular complexity index is 776. The first-order valence-electron chi connectivity index (χ1n) is 8.80. The van der Waals surface area contributed by atoms with Gasteiger partial charge in [0.25, 0.3) is 0 Å². The third-order valence-electron chi connectivity index (χ3n) is 4.18. The van der Waals surface area contributed by atoms with Crippen LogP contribution in [0.1, 0.15) is 48.4 Å². The zero-order valence-corrected chi connectivity index (χ0v) is 15.0. The maximum absolute atomic E-state index is 12.2. The van der Waals surface area contributed by atoms with E-state index in [-0.39, 0.29) is 18.2 Å². The predicted octanol–water partition coefficient (Wildman–Crippen LogP) is 2.41. The molecule has 0 saturated carbocycles. The third-order valence-corrected chi connectivity index (χ3v) is 4.18. The summed E-state index contributed by atoms with van der Waals surface area (Å²) >= 11 is 0. The molecule has 1 amide bonds. The summed E-state index contributed by atoms with van der Waals surface area (Å²) in [5.41, 5.74) is 7.93. The number of carboxylic acids is 1. The summed E-state index contributed by atoms with van der Waals surface area (Å²) in [5, 5.41) is 19.2. The highest BCUT2D eigenvalue weighted by Crippen LogP contribution is 2.16. The fourth-order valence-corrected chi connectivity index (χ4v) is 2.74. The maximum Gasteiger partial charge on any atom is 0.305 e. The van der Waals surface area contributed by atoms with Crippen LogP contribution in [0, 0.1) is 5.41 Å². The molecule has 1 aromatic heterocycles. The number of nitrogens with one attached hydrogen (secondary N) is 2. The lowest BCUT2D eigenvalue weighted by molar-refractivity contribution is -0.137. The Labute approximate surface area is 158 Å². The zero-order chi connectivity index (χ0) is 19.6. The number of benzene rings is 1. The number of aliphatic carboxylic acids is 1. The summed E-state index contributed by atoms with van der Waals surface area (Å²) in [6.45, 7) is 0. The molecule has 2 aromatic rings. The van der Waals surface area contributed by atoms with Crippen molar-refractivity contribution in [1.82, 2.24) is 10.3 Å². The van der Waals surface area contributed by atoms with E-state index in [4.69, 9.17) is 16.2 Å². The van der Waals surface area contributed by atoms with Crippen LogP contribution < -0.4 is 11.1 Å². The Morgan fingerprint density at radius 3 is 2.52 bits per heavy atom. The van der Waals surface area contributed by atoms with Crippen molar-refractivity contribution >= 4 is 17.7 Å². The van der Waals surface area contributed by atoms with E-state index in [0.717, 1.165) is 18.4 Å². The van der Waals surface area contributed by atoms with Gasteiger partial charge in [-0.05, 0) is 36.5 Å². The number of rotatable bonds is 10. The van der Waals surface area contributed by atoms with E-state index in [1.807, 2.05) is 24.3 Å². The second kappa shape index (κ2) is 10.1. The van der Waals surface area contributed by atoms with Crippen molar-refractivity contribution in [2.45, 2.75) is 38.1 Å². The Hall–Kier alpha value is -3.22. The van der Waals surface area contributed by atoms with Crippen molar-refractivity contribution in [1.29, 1.82) is 5.41 Å². The minimum Gasteiger partial charge on any atom is -0.481 e. The van der Waals surface area contributed by atoms with Gasteiger partial charge >= 0.3 is 5.97 Å². The van der Waals surface area contributed by atoms with Crippen LogP contribution in [0.15, 0.2) is 48.8 Å². The van der Waals surface area contributed by atoms with Gasteiger partial charge in [0.2, 0.25) is 5.91 Å². The predicted molar refractivity (Wildman–Crippen MR) is 102 cm³/mol. The lowest BCUT2D eigenvalue weighted by atomic mass is 10.0. The number of amidine groups is 1. The summed E-state index contributed by atoms with van der Waals surface area (Å²) in [6, 6.07) is 10.4. The van der Waals surface area contributed by atoms with E-state index in [1.54, 1.807) is 24.5 Å². The highest BCUT2D eigenvalue weighted by molar-refractivity contribution is 5.94. The van der Waals surface area contributed by atoms with Gasteiger partial charge in [0.1, 0.15) is 5.84 Å². The van der Waals surface area contributed by atoms with E-state index in [9.17, 15) is 9.59 Å². The van der Waals surface area contributed by atoms with Gasteiger partial charge < -0.3 is 16.2 Å². The minimum absolute atomic E-state index is 0.0442. The van der Waals surface area contributed by atoms with Crippen LogP contribution in [0.25, 0.3) is 0 Å². The number of nitrogens with two attached hydrogens (primary N) is 1. The molecule has 1 heterocycles. The third kappa shape index (κ3) is 6.89. The Kier molecular flexibility index (Phi) is 7.49. The van der Waals surface area contributed by atoms with Crippen molar-refractivity contribution in [3.05, 3.63) is 65.5 Å². The molecule has 5 N–H and O–H groups in total. The number of carboxylic acid groups (broad SMARTS) is 1. The first-order valence-corrected chi connectivity index (χ1v) is 8.80. The summed E-state index contributed by atoms with van der Waals surface area (Å²) in [6.07, 6.45) is 5.69. The van der Waals surface area contributed by atoms with Gasteiger partial charge in [0, 0.05) is 24.4 Å². The highest BCUT2D eigenvalue weighted by Gasteiger charge is 2.18. The number of amides is 1. The largest absolute Gasteiger partial charge is 0.481 e. The van der Waals surface area contributed by atoms with Crippen molar-refractivity contribution < 1.29 is 14.7 Å². The molecule has 2 rings (SSSR count). The minimum atomic E-state index is -0.974. The highest BCUT2D eigenvalue weighted by atomic mass is 16.4. The smallest absolute Gasteiger partial charge is 0.305 e. The zero-order valence-electron chi connectivity index (χ0n) is 15.0. The summed E-state index contributed by atoms with van der Waals surface area (Å²) in [5.74, 6) is -1.10. The van der Waals surface area contributed by atoms with E-state index >= 15 is 0 Å². The molecule has 1 atom stereocenters. The molecule has 0 bridgehead atoms. The Morgan fingerprint density at radius 1 is 1.19 bits per heavy atom. The second-order valence-corrected chi connectivity index (χ2v) is 6.32. The molecule has 1 unspecified atom stereocenters. The fraction of sp³-hybridized carbons (Fsp3) is 0.300. The van der Waals surface area contributed by atoms with Crippen molar-refractivity contribution in [3.63, 3.8) is 0 Å². The van der Waals surface area contributed by atoms with Gasteiger partial charge in [0.15, 0.2) is 0 Å². The number of hydrogen-bond acceptors (Lipinski definition) is 4. The van der Waals surface area contributed by atoms with Crippen LogP contribution in [-0.2, 0) is 16.0 Å². The number of aromatic nitrogens is 1. The van der Waals surface area contributed by atoms with Crippen LogP contribution in [0.5, 0.6) is 0 Å². The van der Waals surface area contributed by atoms with E-state index in [0.29, 0.717) is 24.0 Å². The van der Waals surface area contributed by atoms with Gasteiger partial charge in [-0.25, -0.2) is 0 Å². The molecule has 0 aliphatic carbocycles. The summed E-state index contributed by atoms with van der Waals surface area (Å²) in [7, 11) is 0. The molecule has 0 radical (unpaired) electrons. The molecule has 0 spiro atoms. The monoisotopic (exact) mass is 368 g/mol. The number of nitrogens with zero attached hydrogens (tertiary/aromatic N) is 1. The standard InChI is InChI=1S/C20H24N4O3/c21-20(22)15-9-7-14(8-10-15)4-1-2-6-18(25)24-17(12-19(26)27)16-5-3-11-23-13-16/h3,5,7-11,13,17H,1-2,4,6,12H2,(H3,21,22)(H,24,25)(H,26,27). The van der Waals surface area contributed by atoms with Crippen LogP contribution >= 0.6 is 0 Å². The Balaban J connectivity index is 1.78. The van der Waals surface area contributed by atoms with Gasteiger partial charge in [0.05, 0.1) is 12.5 Å². The average molecular weight is 368 g/mol. The fourth-order valence-electron chi connectivity index (χ4n) is 2.74. The van der Waals surface area contributed by atoms with Crippen LogP contribution in [0.2, 0.25) is 0 Å². The molecule has 0 fully saturated rings. The molecule has 1 aromatic carbocycles. The van der Waals surface area contributed by atoms with E-state index in [2.05, 4.69) is 10.3 Å². The van der Waals surface area contributed by atoms with Crippen LogP contribution in [0.4, 0.5) is 0 Å². The number of nitrogen functional groups attached to an aromatic ring is 1. The lowest BCUT2D eigenvalue weighted by Crippen LogP contribution is -2.30. The topological polar surface area (TPSA) is 129 Å². The van der Waals surface area contributed by atoms with Crippen molar-refractivity contribution in [3.8, 4) is 0 Å². The summed E-state index contributed by atoms with van der Waals surface area (Å²) in [4.78, 5) is 27.2. The number of aryl methyl sites for hydroxylation is 1. The first-order chi connectivity index (χ1) is 13.0. The lowest BCUT2D eigenvalue weighted by Gasteiger charge is -2.17. The SMILES string of the molecule is N=C(N)c1ccc(CCCCC(=O)NC(CC(=O)O)c2cccnc2)cc1. The number of unbranched alkanes of at least 4 members (excludes halogenated alkanes) is 1. The van der Waals surface area contributed by atoms with Crippen molar-refractivity contribution in [2.24, 2.45) is 5.73 Å². The molecule has 7 nitrogen and oxygen atoms in total. The molecule has 0 saturated heterocycles. The number of pyridine rings is 1. The van der Waals surface area contributed by atoms with E-state index in [1.165, 1.54) is 0 Å². The Morgan fingerprint density at radius 2 is 1.93 bits per heavy atom. The molecular formula is C20H24N4O3. The van der Waals surface area contributed by atoms with Gasteiger partial charge in [-0.3, -0.25) is 20.0 Å². The van der Waals surface area contributed by atoms with Crippen molar-refractivity contribution in [2.75, 3.05) is 0 Å². The van der Waals surface area contributed by atoms with E-state index < -0.39 is 12.0 Å². The molecule has 0 aliphatic rings. The second-order valence-electron chi connectivity index (χ2n) is 6.32. The molecular weight excluding hydrogens is 344 g/mol. The normalized spacial score (nSPS) is 11.6. The maximum atomic E-state index is 12.2. The number of carbonyl (C=O) groups is 2. The molecule has 27 heavy (non-hydrogen) atoms. The van der Waals surface area contributed by atoms with Gasteiger partial charge in [-0.1, -0.05) is 30.3 Å². The molecule has 0 aliphatic heterocycles. The van der Waals surface area contributed by atoms with Gasteiger partial charge in [-0.15, -0.1) is 0 Å². The summed E-state index contributed by atoms with van der Waals surface area (Å²) < 4.78 is 0. The number of hydrogen-bond donors (Lipinski definition) is 4. The quantitative estimate of drug-likeness (QED) is 0.291. The van der Waals surface area contributed by atoms with Crippen LogP contribution in [-0.4, -0.2) is 27.8 Å². The molecule has 142 valence electrons. The van der Waals surface area contributed by atoms with Crippen LogP contribution in [0.3, 0.4) is 0 Å². The van der Waals surface area contributed by atoms with Gasteiger partial charge in [-0.2, -0.15) is 0 Å². The first kappa shape index (κ1) is 20.1. The number of carbonyl (C=O) groups excluding carboxylic acids is 1. The molecule has 7 heteroatoms. The average Bonchev–Trinajstić information content (AvgIpc) is 2.65.